The molecule has 2 aromatic carbocycles. The number of nitrogens with zero attached hydrogens (tertiary/aromatic N) is 3. The number of nitrogens with one attached hydrogen (secondary N) is 1. The van der Waals surface area contributed by atoms with Crippen molar-refractivity contribution in [2.75, 3.05) is 5.32 Å². The van der Waals surface area contributed by atoms with Gasteiger partial charge in [-0.05, 0) is 38.1 Å². The van der Waals surface area contributed by atoms with E-state index in [1.54, 1.807) is 24.3 Å². The third-order valence-electron chi connectivity index (χ3n) is 3.65. The summed E-state index contributed by atoms with van der Waals surface area (Å²) in [4.78, 5) is 31.5. The van der Waals surface area contributed by atoms with E-state index in [1.807, 2.05) is 13.8 Å². The highest BCUT2D eigenvalue weighted by atomic mass is 16.6. The third kappa shape index (κ3) is 3.05. The number of nitro benzene ring substituents is 1. The maximum atomic E-state index is 12.4. The van der Waals surface area contributed by atoms with Crippen LogP contribution in [0.2, 0.25) is 0 Å². The Morgan fingerprint density at radius 3 is 2.46 bits per heavy atom. The van der Waals surface area contributed by atoms with Gasteiger partial charge >= 0.3 is 0 Å². The molecule has 0 atom stereocenters. The van der Waals surface area contributed by atoms with Gasteiger partial charge in [-0.15, -0.1) is 0 Å². The molecule has 0 saturated carbocycles. The van der Waals surface area contributed by atoms with E-state index in [2.05, 4.69) is 15.3 Å². The Hall–Kier alpha value is -3.35. The molecule has 3 aromatic rings. The maximum absolute atomic E-state index is 12.4. The second-order valence-electron chi connectivity index (χ2n) is 5.36. The summed E-state index contributed by atoms with van der Waals surface area (Å²) in [7, 11) is 0. The second kappa shape index (κ2) is 6.04. The zero-order valence-electron chi connectivity index (χ0n) is 13.1. The van der Waals surface area contributed by atoms with Crippen LogP contribution < -0.4 is 5.32 Å². The highest BCUT2D eigenvalue weighted by Gasteiger charge is 2.11. The molecule has 0 radical (unpaired) electrons. The van der Waals surface area contributed by atoms with Crippen LogP contribution in [0, 0.1) is 24.0 Å². The van der Waals surface area contributed by atoms with Crippen molar-refractivity contribution in [3.8, 4) is 0 Å². The zero-order chi connectivity index (χ0) is 17.3. The first-order valence-corrected chi connectivity index (χ1v) is 7.25. The topological polar surface area (TPSA) is 98.0 Å². The Labute approximate surface area is 137 Å². The van der Waals surface area contributed by atoms with E-state index in [1.165, 1.54) is 18.2 Å². The molecule has 0 aliphatic heterocycles. The quantitative estimate of drug-likeness (QED) is 0.588. The molecule has 0 bridgehead atoms. The van der Waals surface area contributed by atoms with Gasteiger partial charge in [0, 0.05) is 23.4 Å². The van der Waals surface area contributed by atoms with Crippen LogP contribution in [0.3, 0.4) is 0 Å². The summed E-state index contributed by atoms with van der Waals surface area (Å²) in [5.74, 6) is -0.363. The number of carbonyl (C=O) groups is 1. The monoisotopic (exact) mass is 322 g/mol. The molecule has 0 aliphatic rings. The number of aryl methyl sites for hydroxylation is 2. The second-order valence-corrected chi connectivity index (χ2v) is 5.36. The summed E-state index contributed by atoms with van der Waals surface area (Å²) in [5.41, 5.74) is 3.68. The fraction of sp³-hybridized carbons (Fsp3) is 0.118. The third-order valence-corrected chi connectivity index (χ3v) is 3.65. The molecular weight excluding hydrogens is 308 g/mol. The normalized spacial score (nSPS) is 10.6. The van der Waals surface area contributed by atoms with Crippen LogP contribution in [0.25, 0.3) is 11.0 Å². The number of hydrogen-bond donors (Lipinski definition) is 1. The first-order chi connectivity index (χ1) is 11.4. The van der Waals surface area contributed by atoms with Gasteiger partial charge < -0.3 is 5.32 Å². The molecule has 0 saturated heterocycles. The Bertz CT molecular complexity index is 969. The summed E-state index contributed by atoms with van der Waals surface area (Å²) >= 11 is 0. The molecule has 120 valence electrons. The Morgan fingerprint density at radius 1 is 1.04 bits per heavy atom. The van der Waals surface area contributed by atoms with Crippen molar-refractivity contribution in [1.29, 1.82) is 0 Å². The van der Waals surface area contributed by atoms with Crippen LogP contribution in [0.5, 0.6) is 0 Å². The van der Waals surface area contributed by atoms with Crippen molar-refractivity contribution in [3.63, 3.8) is 0 Å². The number of hydrogen-bond acceptors (Lipinski definition) is 5. The average molecular weight is 322 g/mol. The van der Waals surface area contributed by atoms with Gasteiger partial charge in [0.25, 0.3) is 11.6 Å². The molecule has 7 heteroatoms. The maximum Gasteiger partial charge on any atom is 0.271 e. The zero-order valence-corrected chi connectivity index (χ0v) is 13.1. The molecule has 0 fully saturated rings. The molecule has 3 rings (SSSR count). The summed E-state index contributed by atoms with van der Waals surface area (Å²) in [6, 6.07) is 10.8. The van der Waals surface area contributed by atoms with Crippen LogP contribution in [-0.4, -0.2) is 20.8 Å². The van der Waals surface area contributed by atoms with Gasteiger partial charge in [-0.1, -0.05) is 6.07 Å². The van der Waals surface area contributed by atoms with Gasteiger partial charge in [0.1, 0.15) is 0 Å². The van der Waals surface area contributed by atoms with Crippen LogP contribution in [0.15, 0.2) is 42.5 Å². The number of nitro groups is 1. The molecule has 0 spiro atoms. The highest BCUT2D eigenvalue weighted by Crippen LogP contribution is 2.19. The average Bonchev–Trinajstić information content (AvgIpc) is 2.55. The minimum absolute atomic E-state index is 0.0803. The summed E-state index contributed by atoms with van der Waals surface area (Å²) < 4.78 is 0. The number of aromatic nitrogens is 2. The summed E-state index contributed by atoms with van der Waals surface area (Å²) in [6.45, 7) is 3.74. The number of amides is 1. The van der Waals surface area contributed by atoms with Crippen LogP contribution in [0.1, 0.15) is 21.7 Å². The van der Waals surface area contributed by atoms with E-state index in [9.17, 15) is 14.9 Å². The number of non-ortho nitro benzene ring substituents is 1. The molecule has 0 aliphatic carbocycles. The van der Waals surface area contributed by atoms with Crippen molar-refractivity contribution in [3.05, 3.63) is 69.5 Å². The first-order valence-electron chi connectivity index (χ1n) is 7.25. The van der Waals surface area contributed by atoms with Crippen molar-refractivity contribution in [2.45, 2.75) is 13.8 Å². The van der Waals surface area contributed by atoms with Gasteiger partial charge in [0.05, 0.1) is 27.3 Å². The van der Waals surface area contributed by atoms with Crippen LogP contribution in [0.4, 0.5) is 11.4 Å². The lowest BCUT2D eigenvalue weighted by atomic mass is 10.1. The SMILES string of the molecule is Cc1nc2ccc(C(=O)Nc3cccc([N+](=O)[O-])c3)cc2nc1C. The molecular formula is C17H14N4O3. The predicted molar refractivity (Wildman–Crippen MR) is 90.1 cm³/mol. The number of carbonyl (C=O) groups excluding carboxylic acids is 1. The number of rotatable bonds is 3. The number of fused-ring (bicyclic) bond motifs is 1. The minimum atomic E-state index is -0.508. The highest BCUT2D eigenvalue weighted by molar-refractivity contribution is 6.06. The van der Waals surface area contributed by atoms with Crippen LogP contribution in [-0.2, 0) is 0 Å². The minimum Gasteiger partial charge on any atom is -0.322 e. The Kier molecular flexibility index (Phi) is 3.91. The molecule has 1 heterocycles. The molecule has 1 N–H and O–H groups in total. The smallest absolute Gasteiger partial charge is 0.271 e. The number of benzene rings is 2. The Morgan fingerprint density at radius 2 is 1.75 bits per heavy atom. The fourth-order valence-electron chi connectivity index (χ4n) is 2.27. The van der Waals surface area contributed by atoms with Gasteiger partial charge in [0.15, 0.2) is 0 Å². The Balaban J connectivity index is 1.90. The fourth-order valence-corrected chi connectivity index (χ4v) is 2.27. The van der Waals surface area contributed by atoms with Gasteiger partial charge in [-0.25, -0.2) is 9.97 Å². The molecule has 7 nitrogen and oxygen atoms in total. The first kappa shape index (κ1) is 15.5. The van der Waals surface area contributed by atoms with E-state index in [0.29, 0.717) is 22.3 Å². The standard InChI is InChI=1S/C17H14N4O3/c1-10-11(2)19-16-8-12(6-7-15(16)18-10)17(22)20-13-4-3-5-14(9-13)21(23)24/h3-9H,1-2H3,(H,20,22). The summed E-state index contributed by atoms with van der Waals surface area (Å²) in [6.07, 6.45) is 0. The molecule has 1 amide bonds. The predicted octanol–water partition coefficient (Wildman–Crippen LogP) is 3.41. The van der Waals surface area contributed by atoms with Crippen molar-refractivity contribution < 1.29 is 9.72 Å². The summed E-state index contributed by atoms with van der Waals surface area (Å²) in [5, 5.41) is 13.4. The van der Waals surface area contributed by atoms with Gasteiger partial charge in [-0.3, -0.25) is 14.9 Å². The molecule has 0 unspecified atom stereocenters. The van der Waals surface area contributed by atoms with Crippen molar-refractivity contribution in [2.24, 2.45) is 0 Å². The lowest BCUT2D eigenvalue weighted by Gasteiger charge is -2.07. The van der Waals surface area contributed by atoms with E-state index in [4.69, 9.17) is 0 Å². The van der Waals surface area contributed by atoms with E-state index >= 15 is 0 Å². The van der Waals surface area contributed by atoms with Crippen LogP contribution >= 0.6 is 0 Å². The lowest BCUT2D eigenvalue weighted by Crippen LogP contribution is -2.12. The van der Waals surface area contributed by atoms with Gasteiger partial charge in [0.2, 0.25) is 0 Å². The van der Waals surface area contributed by atoms with E-state index in [0.717, 1.165) is 11.4 Å². The van der Waals surface area contributed by atoms with E-state index < -0.39 is 4.92 Å². The van der Waals surface area contributed by atoms with Crippen molar-refractivity contribution in [1.82, 2.24) is 9.97 Å². The molecule has 24 heavy (non-hydrogen) atoms. The lowest BCUT2D eigenvalue weighted by molar-refractivity contribution is -0.384. The van der Waals surface area contributed by atoms with Gasteiger partial charge in [-0.2, -0.15) is 0 Å². The largest absolute Gasteiger partial charge is 0.322 e. The number of anilines is 1. The molecule has 1 aromatic heterocycles. The van der Waals surface area contributed by atoms with Crippen molar-refractivity contribution >= 4 is 28.3 Å². The van der Waals surface area contributed by atoms with E-state index in [-0.39, 0.29) is 11.6 Å².